The minimum Gasteiger partial charge on any atom is -0.491 e. The molecule has 0 aromatic carbocycles. The van der Waals surface area contributed by atoms with Crippen LogP contribution in [0.4, 0.5) is 0 Å². The van der Waals surface area contributed by atoms with Crippen LogP contribution in [0.1, 0.15) is 40.5 Å². The predicted molar refractivity (Wildman–Crippen MR) is 95.8 cm³/mol. The van der Waals surface area contributed by atoms with Crippen LogP contribution in [0.25, 0.3) is 0 Å². The van der Waals surface area contributed by atoms with Gasteiger partial charge in [-0.3, -0.25) is 9.69 Å². The first-order chi connectivity index (χ1) is 11.6. The number of hydrogen-bond acceptors (Lipinski definition) is 5. The van der Waals surface area contributed by atoms with Crippen LogP contribution >= 0.6 is 0 Å². The van der Waals surface area contributed by atoms with E-state index in [1.54, 1.807) is 0 Å². The molecule has 0 aromatic heterocycles. The first kappa shape index (κ1) is 18.6. The van der Waals surface area contributed by atoms with Crippen molar-refractivity contribution in [2.75, 3.05) is 19.7 Å². The van der Waals surface area contributed by atoms with Crippen LogP contribution < -0.4 is 0 Å². The molecule has 0 saturated carbocycles. The standard InChI is InChI=1S/C20H31NO4/c1-12(2)17-16(22)10-14-6-8-21-9-7-15(18(14)21)11-25-13(3)19(4,23)20(17,5)24/h7,12,14,17-18,23-24H,3,6,8-11H2,1-2,4-5H3. The van der Waals surface area contributed by atoms with E-state index in [1.807, 2.05) is 13.8 Å². The zero-order valence-corrected chi connectivity index (χ0v) is 15.8. The van der Waals surface area contributed by atoms with Gasteiger partial charge < -0.3 is 14.9 Å². The Balaban J connectivity index is 2.02. The smallest absolute Gasteiger partial charge is 0.147 e. The summed E-state index contributed by atoms with van der Waals surface area (Å²) in [5.74, 6) is -0.388. The summed E-state index contributed by atoms with van der Waals surface area (Å²) in [7, 11) is 0. The molecule has 2 N–H and O–H groups in total. The van der Waals surface area contributed by atoms with E-state index in [0.717, 1.165) is 25.1 Å². The zero-order chi connectivity index (χ0) is 18.6. The first-order valence-corrected chi connectivity index (χ1v) is 9.30. The number of carbonyl (C=O) groups excluding carboxylic acids is 1. The quantitative estimate of drug-likeness (QED) is 0.708. The van der Waals surface area contributed by atoms with E-state index in [1.165, 1.54) is 13.8 Å². The molecule has 3 aliphatic heterocycles. The monoisotopic (exact) mass is 349 g/mol. The Hall–Kier alpha value is -1.17. The average Bonchev–Trinajstić information content (AvgIpc) is 3.06. The molecule has 0 aliphatic carbocycles. The molecule has 0 bridgehead atoms. The molecular formula is C20H31NO4. The van der Waals surface area contributed by atoms with Gasteiger partial charge in [-0.1, -0.05) is 26.5 Å². The Morgan fingerprint density at radius 1 is 1.36 bits per heavy atom. The van der Waals surface area contributed by atoms with E-state index in [-0.39, 0.29) is 29.4 Å². The Morgan fingerprint density at radius 2 is 2.04 bits per heavy atom. The van der Waals surface area contributed by atoms with Crippen LogP contribution in [0.15, 0.2) is 24.0 Å². The van der Waals surface area contributed by atoms with Crippen molar-refractivity contribution >= 4 is 5.78 Å². The molecule has 3 aliphatic rings. The summed E-state index contributed by atoms with van der Waals surface area (Å²) in [6.07, 6.45) is 3.58. The maximum absolute atomic E-state index is 13.2. The van der Waals surface area contributed by atoms with Crippen molar-refractivity contribution in [1.82, 2.24) is 4.90 Å². The van der Waals surface area contributed by atoms with E-state index < -0.39 is 17.1 Å². The lowest BCUT2D eigenvalue weighted by Gasteiger charge is -2.45. The van der Waals surface area contributed by atoms with Gasteiger partial charge in [0.15, 0.2) is 0 Å². The average molecular weight is 349 g/mol. The molecule has 0 amide bonds. The number of carbonyl (C=O) groups is 1. The van der Waals surface area contributed by atoms with E-state index in [4.69, 9.17) is 4.74 Å². The highest BCUT2D eigenvalue weighted by Crippen LogP contribution is 2.43. The summed E-state index contributed by atoms with van der Waals surface area (Å²) < 4.78 is 5.82. The van der Waals surface area contributed by atoms with Crippen LogP contribution in [0.3, 0.4) is 0 Å². The molecule has 5 nitrogen and oxygen atoms in total. The SMILES string of the molecule is C=C1OCC2=CCN3CCC(CC(=O)C(C(C)C)C(C)(O)C1(C)O)C23. The van der Waals surface area contributed by atoms with Gasteiger partial charge in [0.1, 0.15) is 29.4 Å². The molecule has 5 unspecified atom stereocenters. The number of ether oxygens (including phenoxy) is 1. The van der Waals surface area contributed by atoms with E-state index in [9.17, 15) is 15.0 Å². The molecule has 25 heavy (non-hydrogen) atoms. The Bertz CT molecular complexity index is 605. The van der Waals surface area contributed by atoms with Crippen molar-refractivity contribution in [3.63, 3.8) is 0 Å². The molecule has 0 spiro atoms. The lowest BCUT2D eigenvalue weighted by Crippen LogP contribution is -2.59. The second-order valence-electron chi connectivity index (χ2n) is 8.59. The maximum atomic E-state index is 13.2. The third-order valence-corrected chi connectivity index (χ3v) is 6.62. The molecule has 5 heteroatoms. The largest absolute Gasteiger partial charge is 0.491 e. The van der Waals surface area contributed by atoms with Gasteiger partial charge in [-0.15, -0.1) is 0 Å². The first-order valence-electron chi connectivity index (χ1n) is 9.30. The van der Waals surface area contributed by atoms with Crippen LogP contribution in [-0.4, -0.2) is 57.8 Å². The Kier molecular flexibility index (Phi) is 4.63. The maximum Gasteiger partial charge on any atom is 0.147 e. The summed E-state index contributed by atoms with van der Waals surface area (Å²) >= 11 is 0. The number of ketones is 1. The van der Waals surface area contributed by atoms with Crippen LogP contribution in [0, 0.1) is 17.8 Å². The van der Waals surface area contributed by atoms with Crippen molar-refractivity contribution in [3.8, 4) is 0 Å². The molecule has 5 atom stereocenters. The van der Waals surface area contributed by atoms with Gasteiger partial charge in [0.05, 0.1) is 5.92 Å². The lowest BCUT2D eigenvalue weighted by molar-refractivity contribution is -0.176. The van der Waals surface area contributed by atoms with Gasteiger partial charge in [0.25, 0.3) is 0 Å². The van der Waals surface area contributed by atoms with Crippen LogP contribution in [0.5, 0.6) is 0 Å². The van der Waals surface area contributed by atoms with Gasteiger partial charge >= 0.3 is 0 Å². The van der Waals surface area contributed by atoms with E-state index in [2.05, 4.69) is 17.6 Å². The summed E-state index contributed by atoms with van der Waals surface area (Å²) in [5, 5.41) is 22.3. The predicted octanol–water partition coefficient (Wildman–Crippen LogP) is 1.89. The lowest BCUT2D eigenvalue weighted by atomic mass is 9.67. The second kappa shape index (κ2) is 6.22. The summed E-state index contributed by atoms with van der Waals surface area (Å²) in [5.41, 5.74) is -2.20. The normalized spacial score (nSPS) is 42.8. The fourth-order valence-corrected chi connectivity index (χ4v) is 5.00. The van der Waals surface area contributed by atoms with Gasteiger partial charge in [-0.2, -0.15) is 0 Å². The molecular weight excluding hydrogens is 318 g/mol. The third-order valence-electron chi connectivity index (χ3n) is 6.62. The fraction of sp³-hybridized carbons (Fsp3) is 0.750. The highest BCUT2D eigenvalue weighted by molar-refractivity contribution is 5.83. The number of Topliss-reactive ketones (excluding diaryl/α,β-unsaturated/α-hetero) is 1. The van der Waals surface area contributed by atoms with Crippen molar-refractivity contribution in [2.45, 2.75) is 57.8 Å². The van der Waals surface area contributed by atoms with Gasteiger partial charge in [0, 0.05) is 19.0 Å². The summed E-state index contributed by atoms with van der Waals surface area (Å²) in [6, 6.07) is 0.234. The van der Waals surface area contributed by atoms with Gasteiger partial charge in [-0.05, 0) is 44.2 Å². The number of nitrogens with zero attached hydrogens (tertiary/aromatic N) is 1. The van der Waals surface area contributed by atoms with Crippen LogP contribution in [0.2, 0.25) is 0 Å². The minimum absolute atomic E-state index is 0.0214. The number of rotatable bonds is 1. The number of hydrogen-bond donors (Lipinski definition) is 2. The third kappa shape index (κ3) is 2.86. The van der Waals surface area contributed by atoms with Crippen LogP contribution in [-0.2, 0) is 9.53 Å². The van der Waals surface area contributed by atoms with Crippen molar-refractivity contribution in [2.24, 2.45) is 17.8 Å². The molecule has 3 heterocycles. The molecule has 0 aromatic rings. The van der Waals surface area contributed by atoms with E-state index >= 15 is 0 Å². The Morgan fingerprint density at radius 3 is 2.68 bits per heavy atom. The number of aliphatic hydroxyl groups is 2. The molecule has 0 radical (unpaired) electrons. The highest BCUT2D eigenvalue weighted by Gasteiger charge is 2.55. The topological polar surface area (TPSA) is 70.0 Å². The molecule has 2 saturated heterocycles. The van der Waals surface area contributed by atoms with Crippen molar-refractivity contribution < 1.29 is 19.7 Å². The fourth-order valence-electron chi connectivity index (χ4n) is 5.00. The summed E-state index contributed by atoms with van der Waals surface area (Å²) in [6.45, 7) is 13.0. The van der Waals surface area contributed by atoms with Crippen molar-refractivity contribution in [3.05, 3.63) is 24.0 Å². The molecule has 140 valence electrons. The Labute approximate surface area is 150 Å². The van der Waals surface area contributed by atoms with Crippen molar-refractivity contribution in [1.29, 1.82) is 0 Å². The molecule has 3 rings (SSSR count). The van der Waals surface area contributed by atoms with Gasteiger partial charge in [-0.25, -0.2) is 0 Å². The summed E-state index contributed by atoms with van der Waals surface area (Å²) in [4.78, 5) is 15.6. The highest BCUT2D eigenvalue weighted by atomic mass is 16.5. The van der Waals surface area contributed by atoms with Gasteiger partial charge in [0.2, 0.25) is 0 Å². The second-order valence-corrected chi connectivity index (χ2v) is 8.59. The minimum atomic E-state index is -1.71. The molecule has 2 fully saturated rings. The van der Waals surface area contributed by atoms with E-state index in [0.29, 0.717) is 13.0 Å². The zero-order valence-electron chi connectivity index (χ0n) is 15.8.